The molecule has 0 fully saturated rings. The zero-order chi connectivity index (χ0) is 15.1. The summed E-state index contributed by atoms with van der Waals surface area (Å²) in [6.07, 6.45) is 3.60. The zero-order valence-electron chi connectivity index (χ0n) is 12.0. The minimum absolute atomic E-state index is 0.232. The average Bonchev–Trinajstić information content (AvgIpc) is 2.52. The van der Waals surface area contributed by atoms with E-state index < -0.39 is 0 Å². The Hall–Kier alpha value is -2.63. The summed E-state index contributed by atoms with van der Waals surface area (Å²) in [4.78, 5) is 21.7. The molecular formula is C15H19N5O. The monoisotopic (exact) mass is 285 g/mol. The van der Waals surface area contributed by atoms with Gasteiger partial charge < -0.3 is 16.0 Å². The number of rotatable bonds is 6. The van der Waals surface area contributed by atoms with E-state index in [-0.39, 0.29) is 11.6 Å². The molecule has 6 nitrogen and oxygen atoms in total. The van der Waals surface area contributed by atoms with Gasteiger partial charge in [-0.25, -0.2) is 9.97 Å². The minimum atomic E-state index is -0.232. The molecule has 21 heavy (non-hydrogen) atoms. The number of para-hydroxylation sites is 1. The van der Waals surface area contributed by atoms with Gasteiger partial charge in [-0.05, 0) is 18.6 Å². The van der Waals surface area contributed by atoms with E-state index >= 15 is 0 Å². The molecule has 1 heterocycles. The Balaban J connectivity index is 1.72. The van der Waals surface area contributed by atoms with Gasteiger partial charge >= 0.3 is 0 Å². The Kier molecular flexibility index (Phi) is 5.09. The summed E-state index contributed by atoms with van der Waals surface area (Å²) in [5, 5.41) is 2.82. The van der Waals surface area contributed by atoms with Gasteiger partial charge in [0.25, 0.3) is 5.91 Å². The third-order valence-electron chi connectivity index (χ3n) is 3.06. The van der Waals surface area contributed by atoms with E-state index in [0.29, 0.717) is 12.4 Å². The molecule has 0 spiro atoms. The van der Waals surface area contributed by atoms with E-state index in [1.165, 1.54) is 12.4 Å². The highest BCUT2D eigenvalue weighted by Crippen LogP contribution is 2.10. The van der Waals surface area contributed by atoms with Gasteiger partial charge in [-0.3, -0.25) is 4.79 Å². The largest absolute Gasteiger partial charge is 0.382 e. The highest BCUT2D eigenvalue weighted by Gasteiger charge is 2.07. The summed E-state index contributed by atoms with van der Waals surface area (Å²) in [6.45, 7) is 1.44. The van der Waals surface area contributed by atoms with Crippen molar-refractivity contribution in [3.05, 3.63) is 48.4 Å². The molecule has 1 aromatic carbocycles. The molecule has 0 aliphatic heterocycles. The highest BCUT2D eigenvalue weighted by atomic mass is 16.1. The van der Waals surface area contributed by atoms with E-state index in [1.54, 1.807) is 0 Å². The molecule has 0 aliphatic carbocycles. The van der Waals surface area contributed by atoms with Gasteiger partial charge in [0.1, 0.15) is 11.5 Å². The van der Waals surface area contributed by atoms with Crippen LogP contribution in [-0.4, -0.2) is 36.0 Å². The normalized spacial score (nSPS) is 10.1. The summed E-state index contributed by atoms with van der Waals surface area (Å²) < 4.78 is 0. The number of nitrogens with one attached hydrogen (secondary N) is 1. The van der Waals surface area contributed by atoms with Crippen LogP contribution in [0.4, 0.5) is 11.5 Å². The molecule has 1 aromatic heterocycles. The predicted molar refractivity (Wildman–Crippen MR) is 83.1 cm³/mol. The molecule has 6 heteroatoms. The van der Waals surface area contributed by atoms with Crippen LogP contribution in [0.3, 0.4) is 0 Å². The van der Waals surface area contributed by atoms with Crippen molar-refractivity contribution >= 4 is 17.4 Å². The van der Waals surface area contributed by atoms with Crippen molar-refractivity contribution in [3.63, 3.8) is 0 Å². The summed E-state index contributed by atoms with van der Waals surface area (Å²) in [5.41, 5.74) is 6.86. The van der Waals surface area contributed by atoms with Crippen LogP contribution in [0.25, 0.3) is 0 Å². The fourth-order valence-corrected chi connectivity index (χ4v) is 1.88. The lowest BCUT2D eigenvalue weighted by Gasteiger charge is -2.19. The van der Waals surface area contributed by atoms with Crippen LogP contribution in [0.15, 0.2) is 42.7 Å². The third-order valence-corrected chi connectivity index (χ3v) is 3.06. The number of nitrogens with zero attached hydrogens (tertiary/aromatic N) is 3. The number of benzene rings is 1. The molecule has 0 radical (unpaired) electrons. The van der Waals surface area contributed by atoms with E-state index in [1.807, 2.05) is 25.2 Å². The smallest absolute Gasteiger partial charge is 0.271 e. The standard InChI is InChI=1S/C15H19N5O/c1-20(12-6-3-2-4-7-12)9-5-8-17-15(21)13-10-19-14(16)11-18-13/h2-4,6-7,10-11H,5,8-9H2,1H3,(H2,16,19)(H,17,21). The summed E-state index contributed by atoms with van der Waals surface area (Å²) in [5.74, 6) is 0.0703. The predicted octanol–water partition coefficient (Wildman–Crippen LogP) is 1.32. The Labute approximate surface area is 124 Å². The Morgan fingerprint density at radius 3 is 2.67 bits per heavy atom. The lowest BCUT2D eigenvalue weighted by atomic mass is 10.3. The van der Waals surface area contributed by atoms with Crippen LogP contribution in [0.1, 0.15) is 16.9 Å². The molecule has 0 unspecified atom stereocenters. The van der Waals surface area contributed by atoms with Crippen molar-refractivity contribution < 1.29 is 4.79 Å². The van der Waals surface area contributed by atoms with Crippen LogP contribution in [-0.2, 0) is 0 Å². The van der Waals surface area contributed by atoms with Gasteiger partial charge in [0.05, 0.1) is 12.4 Å². The quantitative estimate of drug-likeness (QED) is 0.782. The van der Waals surface area contributed by atoms with E-state index in [0.717, 1.165) is 18.7 Å². The van der Waals surface area contributed by atoms with Crippen molar-refractivity contribution in [2.24, 2.45) is 0 Å². The number of anilines is 2. The molecule has 0 saturated carbocycles. The molecule has 0 aliphatic rings. The first-order valence-electron chi connectivity index (χ1n) is 6.79. The number of hydrogen-bond acceptors (Lipinski definition) is 5. The molecule has 0 saturated heterocycles. The highest BCUT2D eigenvalue weighted by molar-refractivity contribution is 5.91. The van der Waals surface area contributed by atoms with Gasteiger partial charge in [0.2, 0.25) is 0 Å². The SMILES string of the molecule is CN(CCCNC(=O)c1cnc(N)cn1)c1ccccc1. The lowest BCUT2D eigenvalue weighted by Crippen LogP contribution is -2.28. The van der Waals surface area contributed by atoms with Crippen LogP contribution in [0.5, 0.6) is 0 Å². The number of amides is 1. The maximum Gasteiger partial charge on any atom is 0.271 e. The number of aromatic nitrogens is 2. The van der Waals surface area contributed by atoms with Crippen molar-refractivity contribution in [2.75, 3.05) is 30.8 Å². The van der Waals surface area contributed by atoms with E-state index in [4.69, 9.17) is 5.73 Å². The second-order valence-corrected chi connectivity index (χ2v) is 4.69. The van der Waals surface area contributed by atoms with Crippen molar-refractivity contribution in [2.45, 2.75) is 6.42 Å². The maximum atomic E-state index is 11.8. The number of hydrogen-bond donors (Lipinski definition) is 2. The molecule has 1 amide bonds. The van der Waals surface area contributed by atoms with Crippen molar-refractivity contribution in [3.8, 4) is 0 Å². The van der Waals surface area contributed by atoms with Crippen LogP contribution in [0, 0.1) is 0 Å². The first-order valence-corrected chi connectivity index (χ1v) is 6.79. The van der Waals surface area contributed by atoms with Crippen molar-refractivity contribution in [1.29, 1.82) is 0 Å². The first-order chi connectivity index (χ1) is 10.2. The number of nitrogen functional groups attached to an aromatic ring is 1. The van der Waals surface area contributed by atoms with Crippen LogP contribution < -0.4 is 16.0 Å². The van der Waals surface area contributed by atoms with Gasteiger partial charge in [0, 0.05) is 25.8 Å². The first kappa shape index (κ1) is 14.8. The van der Waals surface area contributed by atoms with Gasteiger partial charge in [-0.1, -0.05) is 18.2 Å². The third kappa shape index (κ3) is 4.45. The summed E-state index contributed by atoms with van der Waals surface area (Å²) in [7, 11) is 2.03. The Morgan fingerprint density at radius 1 is 1.24 bits per heavy atom. The molecular weight excluding hydrogens is 266 g/mol. The molecule has 0 bridgehead atoms. The Morgan fingerprint density at radius 2 is 2.00 bits per heavy atom. The lowest BCUT2D eigenvalue weighted by molar-refractivity contribution is 0.0948. The fraction of sp³-hybridized carbons (Fsp3) is 0.267. The average molecular weight is 285 g/mol. The summed E-state index contributed by atoms with van der Waals surface area (Å²) >= 11 is 0. The minimum Gasteiger partial charge on any atom is -0.382 e. The van der Waals surface area contributed by atoms with Crippen molar-refractivity contribution in [1.82, 2.24) is 15.3 Å². The summed E-state index contributed by atoms with van der Waals surface area (Å²) in [6, 6.07) is 10.1. The van der Waals surface area contributed by atoms with Crippen LogP contribution in [0.2, 0.25) is 0 Å². The second kappa shape index (κ2) is 7.23. The number of nitrogens with two attached hydrogens (primary N) is 1. The second-order valence-electron chi connectivity index (χ2n) is 4.69. The molecule has 110 valence electrons. The molecule has 3 N–H and O–H groups in total. The van der Waals surface area contributed by atoms with Gasteiger partial charge in [0.15, 0.2) is 0 Å². The van der Waals surface area contributed by atoms with Crippen LogP contribution >= 0.6 is 0 Å². The van der Waals surface area contributed by atoms with Gasteiger partial charge in [-0.15, -0.1) is 0 Å². The Bertz CT molecular complexity index is 570. The van der Waals surface area contributed by atoms with E-state index in [2.05, 4.69) is 32.3 Å². The van der Waals surface area contributed by atoms with Gasteiger partial charge in [-0.2, -0.15) is 0 Å². The number of carbonyl (C=O) groups is 1. The molecule has 2 aromatic rings. The fourth-order valence-electron chi connectivity index (χ4n) is 1.88. The number of carbonyl (C=O) groups excluding carboxylic acids is 1. The molecule has 2 rings (SSSR count). The topological polar surface area (TPSA) is 84.1 Å². The maximum absolute atomic E-state index is 11.8. The molecule has 0 atom stereocenters. The zero-order valence-corrected chi connectivity index (χ0v) is 12.0. The van der Waals surface area contributed by atoms with E-state index in [9.17, 15) is 4.79 Å².